The van der Waals surface area contributed by atoms with Crippen LogP contribution in [-0.2, 0) is 6.61 Å². The predicted octanol–water partition coefficient (Wildman–Crippen LogP) is 3.84. The Bertz CT molecular complexity index is 823. The van der Waals surface area contributed by atoms with E-state index in [9.17, 15) is 14.4 Å². The molecule has 0 aliphatic carbocycles. The highest BCUT2D eigenvalue weighted by Crippen LogP contribution is 2.19. The molecule has 6 heteroatoms. The van der Waals surface area contributed by atoms with Crippen LogP contribution in [0.1, 0.15) is 48.7 Å². The minimum absolute atomic E-state index is 0.0799. The van der Waals surface area contributed by atoms with Crippen molar-refractivity contribution in [2.45, 2.75) is 33.8 Å². The predicted molar refractivity (Wildman–Crippen MR) is 96.1 cm³/mol. The molecule has 1 aromatic carbocycles. The summed E-state index contributed by atoms with van der Waals surface area (Å²) in [5.41, 5.74) is 1.20. The fourth-order valence-electron chi connectivity index (χ4n) is 2.20. The molecule has 5 nitrogen and oxygen atoms in total. The van der Waals surface area contributed by atoms with Gasteiger partial charge in [0.05, 0.1) is 5.56 Å². The first-order valence-electron chi connectivity index (χ1n) is 8.34. The second kappa shape index (κ2) is 8.43. The minimum Gasteiger partial charge on any atom is -0.472 e. The summed E-state index contributed by atoms with van der Waals surface area (Å²) in [6, 6.07) is 9.41. The number of hydrogen-bond acceptors (Lipinski definition) is 4. The molecule has 1 aromatic heterocycles. The van der Waals surface area contributed by atoms with E-state index in [2.05, 4.69) is 31.1 Å². The Labute approximate surface area is 152 Å². The number of pyridine rings is 1. The van der Waals surface area contributed by atoms with Crippen molar-refractivity contribution in [2.75, 3.05) is 6.54 Å². The van der Waals surface area contributed by atoms with Crippen LogP contribution in [0, 0.1) is 22.6 Å². The molecule has 0 radical (unpaired) electrons. The van der Waals surface area contributed by atoms with Crippen LogP contribution >= 0.6 is 0 Å². The molecule has 0 saturated carbocycles. The Hall–Kier alpha value is -2.94. The topological polar surface area (TPSA) is 75.0 Å². The van der Waals surface area contributed by atoms with Gasteiger partial charge in [-0.25, -0.2) is 9.37 Å². The average Bonchev–Trinajstić information content (AvgIpc) is 2.58. The number of carbonyl (C=O) groups excluding carboxylic acids is 1. The van der Waals surface area contributed by atoms with Crippen molar-refractivity contribution in [3.8, 4) is 11.9 Å². The van der Waals surface area contributed by atoms with Gasteiger partial charge in [0.25, 0.3) is 5.91 Å². The first-order valence-corrected chi connectivity index (χ1v) is 8.34. The fourth-order valence-corrected chi connectivity index (χ4v) is 2.20. The monoisotopic (exact) mass is 355 g/mol. The van der Waals surface area contributed by atoms with Gasteiger partial charge >= 0.3 is 0 Å². The smallest absolute Gasteiger partial charge is 0.252 e. The number of nitriles is 1. The molecular weight excluding hydrogens is 333 g/mol. The second-order valence-electron chi connectivity index (χ2n) is 7.17. The number of carbonyl (C=O) groups is 1. The van der Waals surface area contributed by atoms with Crippen LogP contribution in [0.2, 0.25) is 0 Å². The second-order valence-corrected chi connectivity index (χ2v) is 7.17. The molecule has 2 rings (SSSR count). The summed E-state index contributed by atoms with van der Waals surface area (Å²) in [6.07, 6.45) is 2.21. The number of amides is 1. The Kier molecular flexibility index (Phi) is 6.29. The Morgan fingerprint density at radius 2 is 2.12 bits per heavy atom. The molecule has 1 N–H and O–H groups in total. The molecule has 0 unspecified atom stereocenters. The van der Waals surface area contributed by atoms with E-state index in [0.717, 1.165) is 6.42 Å². The number of rotatable bonds is 6. The summed E-state index contributed by atoms with van der Waals surface area (Å²) < 4.78 is 18.7. The normalized spacial score (nSPS) is 10.9. The quantitative estimate of drug-likeness (QED) is 0.854. The highest BCUT2D eigenvalue weighted by Gasteiger charge is 2.14. The molecule has 1 heterocycles. The Morgan fingerprint density at radius 1 is 1.35 bits per heavy atom. The van der Waals surface area contributed by atoms with Gasteiger partial charge in [0.1, 0.15) is 24.1 Å². The van der Waals surface area contributed by atoms with E-state index in [-0.39, 0.29) is 35.2 Å². The van der Waals surface area contributed by atoms with E-state index in [1.165, 1.54) is 24.4 Å². The zero-order valence-corrected chi connectivity index (χ0v) is 15.2. The van der Waals surface area contributed by atoms with Crippen molar-refractivity contribution in [1.82, 2.24) is 10.3 Å². The van der Waals surface area contributed by atoms with Crippen molar-refractivity contribution in [3.05, 3.63) is 59.0 Å². The first-order chi connectivity index (χ1) is 12.3. The lowest BCUT2D eigenvalue weighted by molar-refractivity contribution is 0.0949. The summed E-state index contributed by atoms with van der Waals surface area (Å²) in [4.78, 5) is 16.2. The van der Waals surface area contributed by atoms with Gasteiger partial charge in [0.15, 0.2) is 0 Å². The van der Waals surface area contributed by atoms with Gasteiger partial charge in [-0.2, -0.15) is 5.26 Å². The van der Waals surface area contributed by atoms with Crippen molar-refractivity contribution in [3.63, 3.8) is 0 Å². The van der Waals surface area contributed by atoms with Crippen LogP contribution < -0.4 is 10.1 Å². The minimum atomic E-state index is -0.359. The highest BCUT2D eigenvalue weighted by atomic mass is 19.1. The molecule has 136 valence electrons. The van der Waals surface area contributed by atoms with E-state index in [4.69, 9.17) is 4.74 Å². The van der Waals surface area contributed by atoms with Gasteiger partial charge in [0, 0.05) is 12.7 Å². The van der Waals surface area contributed by atoms with E-state index in [1.807, 2.05) is 6.07 Å². The number of hydrogen-bond donors (Lipinski definition) is 1. The average molecular weight is 355 g/mol. The molecular formula is C20H22FN3O2. The third kappa shape index (κ3) is 5.85. The SMILES string of the molecule is CC(C)(C)CCNC(=O)c1cnc(OCc2cccc(F)c2)c(C#N)c1. The zero-order valence-electron chi connectivity index (χ0n) is 15.2. The standard InChI is InChI=1S/C20H22FN3O2/c1-20(2,3)7-8-23-18(25)16-10-15(11-22)19(24-12-16)26-13-14-5-4-6-17(21)9-14/h4-6,9-10,12H,7-8,13H2,1-3H3,(H,23,25). The molecule has 0 aliphatic rings. The van der Waals surface area contributed by atoms with Gasteiger partial charge in [-0.15, -0.1) is 0 Å². The third-order valence-electron chi connectivity index (χ3n) is 3.66. The van der Waals surface area contributed by atoms with Crippen LogP contribution in [0.15, 0.2) is 36.5 Å². The summed E-state index contributed by atoms with van der Waals surface area (Å²) >= 11 is 0. The van der Waals surface area contributed by atoms with Crippen LogP contribution in [0.5, 0.6) is 5.88 Å². The fraction of sp³-hybridized carbons (Fsp3) is 0.350. The Balaban J connectivity index is 2.02. The van der Waals surface area contributed by atoms with E-state index < -0.39 is 0 Å². The molecule has 0 spiro atoms. The summed E-state index contributed by atoms with van der Waals surface area (Å²) in [6.45, 7) is 6.91. The number of ether oxygens (including phenoxy) is 1. The van der Waals surface area contributed by atoms with Gasteiger partial charge in [-0.05, 0) is 35.6 Å². The molecule has 1 amide bonds. The van der Waals surface area contributed by atoms with Crippen molar-refractivity contribution < 1.29 is 13.9 Å². The maximum absolute atomic E-state index is 13.2. The number of benzene rings is 1. The van der Waals surface area contributed by atoms with Crippen molar-refractivity contribution >= 4 is 5.91 Å². The molecule has 0 aliphatic heterocycles. The van der Waals surface area contributed by atoms with Gasteiger partial charge in [-0.3, -0.25) is 4.79 Å². The molecule has 0 bridgehead atoms. The summed E-state index contributed by atoms with van der Waals surface area (Å²) in [5, 5.41) is 12.1. The molecule has 0 saturated heterocycles. The summed E-state index contributed by atoms with van der Waals surface area (Å²) in [7, 11) is 0. The molecule has 0 fully saturated rings. The highest BCUT2D eigenvalue weighted by molar-refractivity contribution is 5.94. The maximum Gasteiger partial charge on any atom is 0.252 e. The number of aromatic nitrogens is 1. The van der Waals surface area contributed by atoms with E-state index in [0.29, 0.717) is 17.7 Å². The lowest BCUT2D eigenvalue weighted by Crippen LogP contribution is -2.27. The lowest BCUT2D eigenvalue weighted by atomic mass is 9.92. The van der Waals surface area contributed by atoms with Crippen molar-refractivity contribution in [2.24, 2.45) is 5.41 Å². The van der Waals surface area contributed by atoms with Crippen LogP contribution in [0.3, 0.4) is 0 Å². The number of halogens is 1. The van der Waals surface area contributed by atoms with Gasteiger partial charge in [0.2, 0.25) is 5.88 Å². The summed E-state index contributed by atoms with van der Waals surface area (Å²) in [5.74, 6) is -0.528. The molecule has 26 heavy (non-hydrogen) atoms. The number of nitrogens with zero attached hydrogens (tertiary/aromatic N) is 2. The van der Waals surface area contributed by atoms with Crippen LogP contribution in [-0.4, -0.2) is 17.4 Å². The van der Waals surface area contributed by atoms with Gasteiger partial charge < -0.3 is 10.1 Å². The van der Waals surface area contributed by atoms with Crippen LogP contribution in [0.4, 0.5) is 4.39 Å². The zero-order chi connectivity index (χ0) is 19.2. The Morgan fingerprint density at radius 3 is 2.77 bits per heavy atom. The van der Waals surface area contributed by atoms with Crippen molar-refractivity contribution in [1.29, 1.82) is 5.26 Å². The van der Waals surface area contributed by atoms with E-state index in [1.54, 1.807) is 12.1 Å². The van der Waals surface area contributed by atoms with E-state index >= 15 is 0 Å². The van der Waals surface area contributed by atoms with Gasteiger partial charge in [-0.1, -0.05) is 32.9 Å². The molecule has 0 atom stereocenters. The molecule has 2 aromatic rings. The largest absolute Gasteiger partial charge is 0.472 e. The third-order valence-corrected chi connectivity index (χ3v) is 3.66. The number of nitrogens with one attached hydrogen (secondary N) is 1. The maximum atomic E-state index is 13.2. The van der Waals surface area contributed by atoms with Crippen LogP contribution in [0.25, 0.3) is 0 Å². The first kappa shape index (κ1) is 19.4. The lowest BCUT2D eigenvalue weighted by Gasteiger charge is -2.18.